The first-order valence-corrected chi connectivity index (χ1v) is 32.5. The molecular weight excluding hydrogens is 1140 g/mol. The molecule has 6 aromatic heterocycles. The number of fused-ring (bicyclic) bond motifs is 18. The molecule has 0 fully saturated rings. The van der Waals surface area contributed by atoms with Crippen LogP contribution in [0.25, 0.3) is 185 Å². The lowest BCUT2D eigenvalue weighted by Crippen LogP contribution is -1.96. The Morgan fingerprint density at radius 2 is 0.598 bits per heavy atom. The zero-order valence-corrected chi connectivity index (χ0v) is 51.1. The van der Waals surface area contributed by atoms with Gasteiger partial charge in [-0.1, -0.05) is 200 Å². The molecule has 0 radical (unpaired) electrons. The van der Waals surface area contributed by atoms with E-state index in [0.29, 0.717) is 0 Å². The third-order valence-electron chi connectivity index (χ3n) is 19.8. The van der Waals surface area contributed by atoms with Crippen LogP contribution in [0.1, 0.15) is 11.1 Å². The van der Waals surface area contributed by atoms with Crippen molar-refractivity contribution in [2.24, 2.45) is 0 Å². The summed E-state index contributed by atoms with van der Waals surface area (Å²) in [5.74, 6) is 0. The van der Waals surface area contributed by atoms with Crippen LogP contribution in [0, 0.1) is 13.8 Å². The highest BCUT2D eigenvalue weighted by Gasteiger charge is 2.28. The average Bonchev–Trinajstić information content (AvgIpc) is 1.54. The highest BCUT2D eigenvalue weighted by Crippen LogP contribution is 2.53. The molecule has 6 heteroatoms. The van der Waals surface area contributed by atoms with Gasteiger partial charge in [0.25, 0.3) is 0 Å². The standard InChI is InChI=1S/C86H54N4OS/c1-51-42-47-77(89-73-37-15-7-29-63(73)64-30-8-16-38-74(64)89)84-79(51)81-67(45-44-57(83(81)91-84)53-21-19-23-55(49-53)87-69-33-11-3-25-59(69)60-26-4-12-34-70(60)87)68-46-48-78(90-75-39-17-9-31-65(75)66-32-10-18-40-76(66)90)86-82(68)80-52(2)41-43-58(85(80)92-86)54-22-20-24-56(50-54)88-71-35-13-5-27-61(71)62-28-6-14-36-72(62)88/h3-50H,1-2H3. The molecule has 92 heavy (non-hydrogen) atoms. The van der Waals surface area contributed by atoms with E-state index in [1.165, 1.54) is 113 Å². The number of nitrogens with zero attached hydrogens (tertiary/aromatic N) is 4. The van der Waals surface area contributed by atoms with Gasteiger partial charge in [-0.2, -0.15) is 0 Å². The molecule has 6 heterocycles. The predicted octanol–water partition coefficient (Wildman–Crippen LogP) is 24.0. The number of aromatic nitrogens is 4. The second kappa shape index (κ2) is 19.4. The minimum atomic E-state index is 0.853. The lowest BCUT2D eigenvalue weighted by atomic mass is 9.90. The summed E-state index contributed by atoms with van der Waals surface area (Å²) in [5.41, 5.74) is 24.6. The largest absolute Gasteiger partial charge is 0.453 e. The van der Waals surface area contributed by atoms with Crippen LogP contribution in [0.15, 0.2) is 296 Å². The molecule has 14 aromatic carbocycles. The van der Waals surface area contributed by atoms with Crippen LogP contribution in [-0.2, 0) is 0 Å². The number of rotatable bonds is 7. The molecule has 0 unspecified atom stereocenters. The quantitative estimate of drug-likeness (QED) is 0.157. The Hall–Kier alpha value is -11.7. The molecule has 0 aliphatic carbocycles. The summed E-state index contributed by atoms with van der Waals surface area (Å²) in [7, 11) is 0. The van der Waals surface area contributed by atoms with Crippen molar-refractivity contribution < 1.29 is 4.42 Å². The summed E-state index contributed by atoms with van der Waals surface area (Å²) < 4.78 is 20.1. The van der Waals surface area contributed by atoms with Gasteiger partial charge in [0.05, 0.1) is 60.2 Å². The molecule has 0 aliphatic rings. The van der Waals surface area contributed by atoms with Gasteiger partial charge < -0.3 is 22.7 Å². The zero-order chi connectivity index (χ0) is 60.4. The molecule has 0 amide bonds. The van der Waals surface area contributed by atoms with Crippen molar-refractivity contribution in [1.82, 2.24) is 18.3 Å². The predicted molar refractivity (Wildman–Crippen MR) is 390 cm³/mol. The summed E-state index contributed by atoms with van der Waals surface area (Å²) in [6.07, 6.45) is 0. The Morgan fingerprint density at radius 1 is 0.250 bits per heavy atom. The molecule has 0 bridgehead atoms. The second-order valence-electron chi connectivity index (χ2n) is 24.7. The summed E-state index contributed by atoms with van der Waals surface area (Å²) in [4.78, 5) is 0. The van der Waals surface area contributed by atoms with Gasteiger partial charge in [-0.25, -0.2) is 0 Å². The molecule has 430 valence electrons. The number of benzene rings is 14. The van der Waals surface area contributed by atoms with Crippen molar-refractivity contribution in [3.05, 3.63) is 302 Å². The molecule has 0 spiro atoms. The molecule has 0 saturated heterocycles. The lowest BCUT2D eigenvalue weighted by Gasteiger charge is -2.15. The van der Waals surface area contributed by atoms with Gasteiger partial charge in [0, 0.05) is 86.3 Å². The van der Waals surface area contributed by atoms with Gasteiger partial charge >= 0.3 is 0 Å². The van der Waals surface area contributed by atoms with Crippen LogP contribution < -0.4 is 0 Å². The SMILES string of the molecule is Cc1ccc(-n2c3ccccc3c3ccccc32)c2oc3c(-c4cccc(-n5c6ccccc6c6ccccc65)c4)ccc(-c4ccc(-n5c6ccccc6c6ccccc65)c5sc6c(-c7cccc(-n8c9ccccc9c9ccccc98)c7)ccc(C)c6c45)c3c12. The monoisotopic (exact) mass is 1190 g/mol. The Labute approximate surface area is 532 Å². The molecular formula is C86H54N4OS. The van der Waals surface area contributed by atoms with Gasteiger partial charge in [-0.05, 0) is 144 Å². The number of furan rings is 1. The molecule has 20 rings (SSSR count). The van der Waals surface area contributed by atoms with Crippen LogP contribution in [0.5, 0.6) is 0 Å². The molecule has 0 N–H and O–H groups in total. The fourth-order valence-electron chi connectivity index (χ4n) is 15.9. The van der Waals surface area contributed by atoms with Crippen molar-refractivity contribution in [3.63, 3.8) is 0 Å². The molecule has 5 nitrogen and oxygen atoms in total. The van der Waals surface area contributed by atoms with Crippen LogP contribution in [-0.4, -0.2) is 18.3 Å². The fourth-order valence-corrected chi connectivity index (χ4v) is 17.3. The fraction of sp³-hybridized carbons (Fsp3) is 0.0233. The van der Waals surface area contributed by atoms with Gasteiger partial charge in [-0.3, -0.25) is 0 Å². The summed E-state index contributed by atoms with van der Waals surface area (Å²) in [6, 6.07) is 108. The third kappa shape index (κ3) is 7.12. The first-order chi connectivity index (χ1) is 45.5. The van der Waals surface area contributed by atoms with E-state index >= 15 is 0 Å². The normalized spacial score (nSPS) is 12.2. The first-order valence-electron chi connectivity index (χ1n) is 31.7. The number of para-hydroxylation sites is 8. The Morgan fingerprint density at radius 3 is 1.07 bits per heavy atom. The van der Waals surface area contributed by atoms with Gasteiger partial charge in [-0.15, -0.1) is 11.3 Å². The van der Waals surface area contributed by atoms with Gasteiger partial charge in [0.2, 0.25) is 0 Å². The van der Waals surface area contributed by atoms with Gasteiger partial charge in [0.15, 0.2) is 5.58 Å². The first kappa shape index (κ1) is 51.2. The van der Waals surface area contributed by atoms with Gasteiger partial charge in [0.1, 0.15) is 5.58 Å². The molecule has 0 saturated carbocycles. The average molecular weight is 1190 g/mol. The summed E-state index contributed by atoms with van der Waals surface area (Å²) >= 11 is 1.92. The van der Waals surface area contributed by atoms with E-state index in [1.807, 2.05) is 11.3 Å². The van der Waals surface area contributed by atoms with Crippen molar-refractivity contribution >= 4 is 141 Å². The van der Waals surface area contributed by atoms with E-state index < -0.39 is 0 Å². The Balaban J connectivity index is 0.893. The summed E-state index contributed by atoms with van der Waals surface area (Å²) in [5, 5.41) is 14.5. The van der Waals surface area contributed by atoms with Crippen molar-refractivity contribution in [2.75, 3.05) is 0 Å². The van der Waals surface area contributed by atoms with Crippen molar-refractivity contribution in [3.8, 4) is 56.1 Å². The van der Waals surface area contributed by atoms with E-state index in [-0.39, 0.29) is 0 Å². The Bertz CT molecular complexity index is 6340. The maximum atomic E-state index is 7.83. The topological polar surface area (TPSA) is 32.9 Å². The van der Waals surface area contributed by atoms with Crippen molar-refractivity contribution in [1.29, 1.82) is 0 Å². The number of aryl methyl sites for hydroxylation is 2. The second-order valence-corrected chi connectivity index (χ2v) is 25.7. The maximum absolute atomic E-state index is 7.83. The highest BCUT2D eigenvalue weighted by molar-refractivity contribution is 7.27. The minimum Gasteiger partial charge on any atom is -0.453 e. The van der Waals surface area contributed by atoms with Crippen LogP contribution >= 0.6 is 11.3 Å². The molecule has 0 aliphatic heterocycles. The number of hydrogen-bond acceptors (Lipinski definition) is 2. The van der Waals surface area contributed by atoms with Crippen LogP contribution in [0.3, 0.4) is 0 Å². The van der Waals surface area contributed by atoms with E-state index in [0.717, 1.165) is 83.5 Å². The lowest BCUT2D eigenvalue weighted by molar-refractivity contribution is 0.667. The third-order valence-corrected chi connectivity index (χ3v) is 21.1. The molecule has 20 aromatic rings. The summed E-state index contributed by atoms with van der Waals surface area (Å²) in [6.45, 7) is 4.57. The zero-order valence-electron chi connectivity index (χ0n) is 50.3. The van der Waals surface area contributed by atoms with Crippen LogP contribution in [0.4, 0.5) is 0 Å². The smallest absolute Gasteiger partial charge is 0.159 e. The number of hydrogen-bond donors (Lipinski definition) is 0. The van der Waals surface area contributed by atoms with E-state index in [9.17, 15) is 0 Å². The highest BCUT2D eigenvalue weighted by atomic mass is 32.1. The van der Waals surface area contributed by atoms with Crippen molar-refractivity contribution in [2.45, 2.75) is 13.8 Å². The molecule has 0 atom stereocenters. The van der Waals surface area contributed by atoms with E-state index in [1.54, 1.807) is 0 Å². The van der Waals surface area contributed by atoms with E-state index in [4.69, 9.17) is 4.42 Å². The van der Waals surface area contributed by atoms with E-state index in [2.05, 4.69) is 323 Å². The van der Waals surface area contributed by atoms with Crippen LogP contribution in [0.2, 0.25) is 0 Å². The maximum Gasteiger partial charge on any atom is 0.159 e. The Kier molecular flexibility index (Phi) is 10.8. The number of thiophene rings is 1. The minimum absolute atomic E-state index is 0.853.